The number of carbonyl (C=O) groups excluding carboxylic acids is 1. The van der Waals surface area contributed by atoms with Gasteiger partial charge in [-0.25, -0.2) is 12.7 Å². The Balaban J connectivity index is 0.000000253. The van der Waals surface area contributed by atoms with Crippen molar-refractivity contribution in [2.45, 2.75) is 26.2 Å². The van der Waals surface area contributed by atoms with Crippen molar-refractivity contribution in [3.8, 4) is 5.75 Å². The number of benzene rings is 2. The fraction of sp³-hybridized carbons (Fsp3) is 0.381. The van der Waals surface area contributed by atoms with Crippen molar-refractivity contribution in [3.63, 3.8) is 0 Å². The van der Waals surface area contributed by atoms with Gasteiger partial charge >= 0.3 is 0 Å². The van der Waals surface area contributed by atoms with Gasteiger partial charge in [0.1, 0.15) is 5.75 Å². The molecule has 3 N–H and O–H groups in total. The van der Waals surface area contributed by atoms with E-state index in [4.69, 9.17) is 22.4 Å². The summed E-state index contributed by atoms with van der Waals surface area (Å²) >= 11 is 5.81. The Morgan fingerprint density at radius 2 is 1.66 bits per heavy atom. The monoisotopic (exact) mass is 438 g/mol. The summed E-state index contributed by atoms with van der Waals surface area (Å²) in [7, 11) is -3.11. The number of nitrogens with two attached hydrogens (primary N) is 1. The molecule has 3 rings (SSSR count). The number of hydrogen-bond acceptors (Lipinski definition) is 4. The summed E-state index contributed by atoms with van der Waals surface area (Å²) < 4.78 is 26.1. The molecule has 8 heteroatoms. The van der Waals surface area contributed by atoms with Crippen LogP contribution in [0.2, 0.25) is 5.02 Å². The van der Waals surface area contributed by atoms with Gasteiger partial charge < -0.3 is 10.8 Å². The van der Waals surface area contributed by atoms with E-state index >= 15 is 0 Å². The number of primary amides is 1. The number of piperidine rings is 1. The number of amides is 1. The first-order chi connectivity index (χ1) is 13.7. The summed E-state index contributed by atoms with van der Waals surface area (Å²) in [5.41, 5.74) is 6.36. The highest BCUT2D eigenvalue weighted by molar-refractivity contribution is 7.89. The predicted octanol–water partition coefficient (Wildman–Crippen LogP) is 3.44. The molecule has 1 fully saturated rings. The lowest BCUT2D eigenvalue weighted by Crippen LogP contribution is -2.39. The van der Waals surface area contributed by atoms with Gasteiger partial charge in [0, 0.05) is 23.7 Å². The van der Waals surface area contributed by atoms with Crippen LogP contribution in [0.1, 0.15) is 35.7 Å². The van der Waals surface area contributed by atoms with Crippen molar-refractivity contribution in [3.05, 3.63) is 64.7 Å². The largest absolute Gasteiger partial charge is 0.508 e. The van der Waals surface area contributed by atoms with E-state index in [2.05, 4.69) is 6.92 Å². The second-order valence-electron chi connectivity index (χ2n) is 7.19. The summed E-state index contributed by atoms with van der Waals surface area (Å²) in [6.45, 7) is 3.52. The molecule has 2 aromatic rings. The van der Waals surface area contributed by atoms with E-state index in [9.17, 15) is 13.2 Å². The topological polar surface area (TPSA) is 101 Å². The van der Waals surface area contributed by atoms with Crippen LogP contribution in [0, 0.1) is 5.92 Å². The third-order valence-corrected chi connectivity index (χ3v) is 6.97. The van der Waals surface area contributed by atoms with Crippen molar-refractivity contribution in [1.29, 1.82) is 0 Å². The third-order valence-electron chi connectivity index (χ3n) is 4.85. The molecule has 0 spiro atoms. The summed E-state index contributed by atoms with van der Waals surface area (Å²) in [6, 6.07) is 13.1. The summed E-state index contributed by atoms with van der Waals surface area (Å²) in [6.07, 6.45) is 2.49. The average Bonchev–Trinajstić information content (AvgIpc) is 2.69. The number of nitrogens with zero attached hydrogens (tertiary/aromatic N) is 1. The van der Waals surface area contributed by atoms with Gasteiger partial charge in [-0.05, 0) is 67.1 Å². The van der Waals surface area contributed by atoms with Crippen molar-refractivity contribution >= 4 is 27.5 Å². The minimum Gasteiger partial charge on any atom is -0.508 e. The van der Waals surface area contributed by atoms with Crippen molar-refractivity contribution < 1.29 is 18.3 Å². The van der Waals surface area contributed by atoms with E-state index in [1.807, 2.05) is 12.1 Å². The lowest BCUT2D eigenvalue weighted by molar-refractivity contribution is 0.100. The van der Waals surface area contributed by atoms with Gasteiger partial charge in [-0.15, -0.1) is 0 Å². The van der Waals surface area contributed by atoms with E-state index in [1.54, 1.807) is 16.4 Å². The Kier molecular flexibility index (Phi) is 8.49. The highest BCUT2D eigenvalue weighted by Gasteiger charge is 2.25. The smallest absolute Gasteiger partial charge is 0.248 e. The number of hydrogen-bond donors (Lipinski definition) is 2. The summed E-state index contributed by atoms with van der Waals surface area (Å²) in [5, 5.41) is 9.46. The standard InChI is InChI=1S/C14H20ClNO2S.C7H7NO2/c1-12-6-9-16(10-7-12)19(17,18)11-8-13-2-4-14(15)5-3-13;8-7(10)5-1-3-6(9)4-2-5/h2-5,12H,6-11H2,1H3;1-4,9H,(H2,8,10). The van der Waals surface area contributed by atoms with Crippen LogP contribution in [0.3, 0.4) is 0 Å². The average molecular weight is 439 g/mol. The van der Waals surface area contributed by atoms with Crippen LogP contribution in [0.5, 0.6) is 5.75 Å². The normalized spacial score (nSPS) is 15.4. The lowest BCUT2D eigenvalue weighted by Gasteiger charge is -2.29. The predicted molar refractivity (Wildman–Crippen MR) is 116 cm³/mol. The zero-order valence-electron chi connectivity index (χ0n) is 16.4. The third kappa shape index (κ3) is 7.68. The van der Waals surface area contributed by atoms with Gasteiger partial charge in [0.15, 0.2) is 0 Å². The number of carbonyl (C=O) groups is 1. The highest BCUT2D eigenvalue weighted by atomic mass is 35.5. The van der Waals surface area contributed by atoms with E-state index in [0.717, 1.165) is 18.4 Å². The molecule has 1 saturated heterocycles. The van der Waals surface area contributed by atoms with Crippen LogP contribution >= 0.6 is 11.6 Å². The second-order valence-corrected chi connectivity index (χ2v) is 9.71. The molecule has 1 heterocycles. The number of rotatable bonds is 5. The number of aromatic hydroxyl groups is 1. The second kappa shape index (κ2) is 10.6. The first-order valence-electron chi connectivity index (χ1n) is 9.48. The van der Waals surface area contributed by atoms with E-state index in [1.165, 1.54) is 24.3 Å². The number of aryl methyl sites for hydroxylation is 1. The molecule has 0 aromatic heterocycles. The number of phenolic OH excluding ortho intramolecular Hbond substituents is 1. The van der Waals surface area contributed by atoms with E-state index < -0.39 is 15.9 Å². The maximum atomic E-state index is 12.2. The van der Waals surface area contributed by atoms with Crippen LogP contribution < -0.4 is 5.73 Å². The van der Waals surface area contributed by atoms with Crippen molar-refractivity contribution in [2.75, 3.05) is 18.8 Å². The highest BCUT2D eigenvalue weighted by Crippen LogP contribution is 2.19. The molecule has 0 saturated carbocycles. The molecule has 1 aliphatic heterocycles. The van der Waals surface area contributed by atoms with Crippen LogP contribution in [0.15, 0.2) is 48.5 Å². The Morgan fingerprint density at radius 3 is 2.17 bits per heavy atom. The maximum Gasteiger partial charge on any atom is 0.248 e. The van der Waals surface area contributed by atoms with Gasteiger partial charge in [0.2, 0.25) is 15.9 Å². The molecule has 0 aliphatic carbocycles. The zero-order chi connectivity index (χ0) is 21.4. The molecule has 6 nitrogen and oxygen atoms in total. The number of sulfonamides is 1. The molecule has 0 atom stereocenters. The van der Waals surface area contributed by atoms with Crippen LogP contribution in [-0.2, 0) is 16.4 Å². The Morgan fingerprint density at radius 1 is 1.10 bits per heavy atom. The molecule has 0 radical (unpaired) electrons. The van der Waals surface area contributed by atoms with E-state index in [0.29, 0.717) is 36.0 Å². The molecule has 1 aliphatic rings. The van der Waals surface area contributed by atoms with Gasteiger partial charge in [-0.2, -0.15) is 0 Å². The molecule has 2 aromatic carbocycles. The first kappa shape index (κ1) is 23.2. The van der Waals surface area contributed by atoms with Gasteiger partial charge in [-0.3, -0.25) is 4.79 Å². The molecule has 0 unspecified atom stereocenters. The minimum atomic E-state index is -3.11. The van der Waals surface area contributed by atoms with Gasteiger partial charge in [0.25, 0.3) is 0 Å². The molecule has 0 bridgehead atoms. The Labute approximate surface area is 177 Å². The van der Waals surface area contributed by atoms with Crippen LogP contribution in [0.25, 0.3) is 0 Å². The lowest BCUT2D eigenvalue weighted by atomic mass is 10.0. The number of phenols is 1. The summed E-state index contributed by atoms with van der Waals surface area (Å²) in [5.74, 6) is 0.468. The number of halogens is 1. The quantitative estimate of drug-likeness (QED) is 0.746. The van der Waals surface area contributed by atoms with Crippen molar-refractivity contribution in [2.24, 2.45) is 11.7 Å². The van der Waals surface area contributed by atoms with Crippen molar-refractivity contribution in [1.82, 2.24) is 4.31 Å². The maximum absolute atomic E-state index is 12.2. The van der Waals surface area contributed by atoms with Crippen LogP contribution in [0.4, 0.5) is 0 Å². The molecule has 1 amide bonds. The Bertz CT molecular complexity index is 891. The molecular formula is C21H27ClN2O4S. The Hall–Kier alpha value is -2.09. The molecule has 29 heavy (non-hydrogen) atoms. The van der Waals surface area contributed by atoms with E-state index in [-0.39, 0.29) is 11.5 Å². The molecule has 158 valence electrons. The zero-order valence-corrected chi connectivity index (χ0v) is 18.0. The SMILES string of the molecule is CC1CCN(S(=O)(=O)CCc2ccc(Cl)cc2)CC1.NC(=O)c1ccc(O)cc1. The first-order valence-corrected chi connectivity index (χ1v) is 11.5. The van der Waals surface area contributed by atoms with Gasteiger partial charge in [-0.1, -0.05) is 30.7 Å². The molecular weight excluding hydrogens is 412 g/mol. The fourth-order valence-corrected chi connectivity index (χ4v) is 4.56. The van der Waals surface area contributed by atoms with Crippen LogP contribution in [-0.4, -0.2) is 42.6 Å². The summed E-state index contributed by atoms with van der Waals surface area (Å²) in [4.78, 5) is 10.5. The fourth-order valence-electron chi connectivity index (χ4n) is 2.92. The van der Waals surface area contributed by atoms with Gasteiger partial charge in [0.05, 0.1) is 5.75 Å². The minimum absolute atomic E-state index is 0.130.